The number of benzene rings is 1. The summed E-state index contributed by atoms with van der Waals surface area (Å²) in [5.41, 5.74) is 2.56. The molecule has 7 heteroatoms. The van der Waals surface area contributed by atoms with Crippen molar-refractivity contribution >= 4 is 12.0 Å². The minimum absolute atomic E-state index is 0.166. The summed E-state index contributed by atoms with van der Waals surface area (Å²) in [5.74, 6) is 0.610. The summed E-state index contributed by atoms with van der Waals surface area (Å²) >= 11 is 0. The number of carbonyl (C=O) groups is 2. The first-order valence-corrected chi connectivity index (χ1v) is 16.1. The average molecular weight is 554 g/mol. The maximum Gasteiger partial charge on any atom is 0.412 e. The molecule has 2 unspecified atom stereocenters. The Kier molecular flexibility index (Phi) is 9.41. The van der Waals surface area contributed by atoms with Crippen molar-refractivity contribution in [3.8, 4) is 0 Å². The molecule has 3 saturated heterocycles. The second-order valence-electron chi connectivity index (χ2n) is 13.1. The van der Waals surface area contributed by atoms with Crippen LogP contribution in [0.5, 0.6) is 0 Å². The number of nitrogens with zero attached hydrogens (tertiary/aromatic N) is 3. The Morgan fingerprint density at radius 2 is 1.68 bits per heavy atom. The minimum Gasteiger partial charge on any atom is -0.442 e. The number of hydrogen-bond donors (Lipinski definition) is 1. The molecule has 7 nitrogen and oxygen atoms in total. The van der Waals surface area contributed by atoms with E-state index in [2.05, 4.69) is 11.8 Å². The molecule has 222 valence electrons. The molecule has 0 aromatic heterocycles. The van der Waals surface area contributed by atoms with Crippen molar-refractivity contribution in [2.24, 2.45) is 11.8 Å². The maximum absolute atomic E-state index is 13.3. The molecule has 40 heavy (non-hydrogen) atoms. The van der Waals surface area contributed by atoms with Gasteiger partial charge in [0.05, 0.1) is 0 Å². The number of likely N-dealkylation sites (tertiary alicyclic amines) is 2. The lowest BCUT2D eigenvalue weighted by atomic mass is 9.74. The van der Waals surface area contributed by atoms with Gasteiger partial charge in [0.15, 0.2) is 0 Å². The van der Waals surface area contributed by atoms with Gasteiger partial charge in [-0.1, -0.05) is 57.2 Å². The lowest BCUT2D eigenvalue weighted by Crippen LogP contribution is -2.63. The monoisotopic (exact) mass is 553 g/mol. The number of piperidine rings is 2. The Labute approximate surface area is 241 Å². The van der Waals surface area contributed by atoms with E-state index in [4.69, 9.17) is 4.74 Å². The summed E-state index contributed by atoms with van der Waals surface area (Å²) in [5, 5.41) is 11.2. The van der Waals surface area contributed by atoms with Crippen molar-refractivity contribution in [3.05, 3.63) is 34.9 Å². The Balaban J connectivity index is 1.18. The van der Waals surface area contributed by atoms with Crippen LogP contribution in [-0.4, -0.2) is 82.4 Å². The smallest absolute Gasteiger partial charge is 0.412 e. The fourth-order valence-electron chi connectivity index (χ4n) is 8.02. The van der Waals surface area contributed by atoms with Gasteiger partial charge in [-0.15, -0.1) is 0 Å². The van der Waals surface area contributed by atoms with Crippen molar-refractivity contribution < 1.29 is 19.4 Å². The van der Waals surface area contributed by atoms with Crippen molar-refractivity contribution in [3.63, 3.8) is 0 Å². The lowest BCUT2D eigenvalue weighted by molar-refractivity contribution is -0.157. The summed E-state index contributed by atoms with van der Waals surface area (Å²) in [6, 6.07) is 6.54. The second-order valence-corrected chi connectivity index (χ2v) is 13.1. The van der Waals surface area contributed by atoms with E-state index in [1.807, 2.05) is 36.9 Å². The Morgan fingerprint density at radius 3 is 2.30 bits per heavy atom. The van der Waals surface area contributed by atoms with E-state index >= 15 is 0 Å². The first-order valence-electron chi connectivity index (χ1n) is 16.1. The Morgan fingerprint density at radius 1 is 1.02 bits per heavy atom. The number of hydrogen-bond acceptors (Lipinski definition) is 5. The third kappa shape index (κ3) is 6.06. The van der Waals surface area contributed by atoms with E-state index in [-0.39, 0.29) is 23.8 Å². The predicted molar refractivity (Wildman–Crippen MR) is 157 cm³/mol. The molecule has 1 N–H and O–H groups in total. The molecule has 5 rings (SSSR count). The third-order valence-corrected chi connectivity index (χ3v) is 10.6. The summed E-state index contributed by atoms with van der Waals surface area (Å²) in [6.07, 6.45) is 11.5. The summed E-state index contributed by atoms with van der Waals surface area (Å²) < 4.78 is 6.35. The van der Waals surface area contributed by atoms with E-state index in [0.717, 1.165) is 113 Å². The van der Waals surface area contributed by atoms with E-state index in [9.17, 15) is 14.7 Å². The quantitative estimate of drug-likeness (QED) is 0.455. The van der Waals surface area contributed by atoms with E-state index in [0.29, 0.717) is 12.6 Å². The number of aryl methyl sites for hydroxylation is 2. The molecular weight excluding hydrogens is 502 g/mol. The Bertz CT molecular complexity index is 1000. The molecule has 4 aliphatic rings. The predicted octanol–water partition coefficient (Wildman–Crippen LogP) is 5.90. The molecule has 2 atom stereocenters. The average Bonchev–Trinajstić information content (AvgIpc) is 2.97. The van der Waals surface area contributed by atoms with Crippen LogP contribution >= 0.6 is 0 Å². The van der Waals surface area contributed by atoms with Crippen molar-refractivity contribution in [2.75, 3.05) is 32.7 Å². The molecule has 1 aromatic carbocycles. The van der Waals surface area contributed by atoms with Crippen LogP contribution in [0, 0.1) is 25.7 Å². The van der Waals surface area contributed by atoms with Crippen molar-refractivity contribution in [2.45, 2.75) is 116 Å². The molecular formula is C33H51N3O4. The normalized spacial score (nSPS) is 25.7. The number of unbranched alkanes of at least 4 members (excludes halogenated alkanes) is 1. The van der Waals surface area contributed by atoms with Gasteiger partial charge in [0, 0.05) is 69.0 Å². The molecule has 3 heterocycles. The number of aliphatic hydroxyl groups is 1. The zero-order chi connectivity index (χ0) is 28.3. The van der Waals surface area contributed by atoms with Gasteiger partial charge >= 0.3 is 6.09 Å². The van der Waals surface area contributed by atoms with Crippen LogP contribution in [-0.2, 0) is 4.74 Å². The lowest BCUT2D eigenvalue weighted by Gasteiger charge is -2.53. The zero-order valence-electron chi connectivity index (χ0n) is 25.1. The van der Waals surface area contributed by atoms with Gasteiger partial charge in [-0.05, 0) is 57.1 Å². The highest BCUT2D eigenvalue weighted by Crippen LogP contribution is 2.43. The largest absolute Gasteiger partial charge is 0.442 e. The second kappa shape index (κ2) is 12.8. The minimum atomic E-state index is -0.717. The summed E-state index contributed by atoms with van der Waals surface area (Å²) in [7, 11) is 0. The first kappa shape index (κ1) is 29.4. The molecule has 4 fully saturated rings. The van der Waals surface area contributed by atoms with Gasteiger partial charge in [0.1, 0.15) is 11.8 Å². The van der Waals surface area contributed by atoms with Gasteiger partial charge in [0.25, 0.3) is 5.91 Å². The molecule has 0 radical (unpaired) electrons. The van der Waals surface area contributed by atoms with Crippen LogP contribution in [0.15, 0.2) is 18.2 Å². The molecule has 1 saturated carbocycles. The highest BCUT2D eigenvalue weighted by Gasteiger charge is 2.51. The van der Waals surface area contributed by atoms with Crippen LogP contribution in [0.25, 0.3) is 0 Å². The van der Waals surface area contributed by atoms with Gasteiger partial charge in [0.2, 0.25) is 0 Å². The number of carbonyl (C=O) groups excluding carboxylic acids is 2. The highest BCUT2D eigenvalue weighted by atomic mass is 16.6. The molecule has 2 amide bonds. The third-order valence-electron chi connectivity index (χ3n) is 10.6. The van der Waals surface area contributed by atoms with E-state index in [1.165, 1.54) is 6.42 Å². The van der Waals surface area contributed by atoms with Crippen LogP contribution in [0.4, 0.5) is 4.79 Å². The Hall–Kier alpha value is -2.12. The van der Waals surface area contributed by atoms with Crippen LogP contribution in [0.1, 0.15) is 105 Å². The number of amides is 2. The SMILES string of the molecule is CCCCC1CN(C(O)C2CCCCC2)C(=O)OC12CCN(C1CCN(C(=O)c3c(C)cccc3C)CC1)CC2. The summed E-state index contributed by atoms with van der Waals surface area (Å²) in [6.45, 7) is 10.3. The number of aliphatic hydroxyl groups excluding tert-OH is 1. The summed E-state index contributed by atoms with van der Waals surface area (Å²) in [4.78, 5) is 32.9. The van der Waals surface area contributed by atoms with Gasteiger partial charge < -0.3 is 14.7 Å². The fourth-order valence-corrected chi connectivity index (χ4v) is 8.02. The molecule has 1 aliphatic carbocycles. The topological polar surface area (TPSA) is 73.3 Å². The van der Waals surface area contributed by atoms with Gasteiger partial charge in [-0.2, -0.15) is 0 Å². The number of ether oxygens (including phenoxy) is 1. The standard InChI is InChI=1S/C33H51N3O4/c1-4-5-14-27-23-36(30(37)26-12-7-6-8-13-26)32(39)40-33(27)17-21-34(22-18-33)28-15-19-35(20-16-28)31(38)29-24(2)10-9-11-25(29)3/h9-11,26-28,30,37H,4-8,12-23H2,1-3H3. The highest BCUT2D eigenvalue weighted by molar-refractivity contribution is 5.97. The molecule has 1 spiro atoms. The van der Waals surface area contributed by atoms with E-state index in [1.54, 1.807) is 4.90 Å². The zero-order valence-corrected chi connectivity index (χ0v) is 25.1. The van der Waals surface area contributed by atoms with Crippen molar-refractivity contribution in [1.29, 1.82) is 0 Å². The maximum atomic E-state index is 13.3. The van der Waals surface area contributed by atoms with E-state index < -0.39 is 11.8 Å². The van der Waals surface area contributed by atoms with Crippen molar-refractivity contribution in [1.82, 2.24) is 14.7 Å². The fraction of sp³-hybridized carbons (Fsp3) is 0.758. The van der Waals surface area contributed by atoms with Crippen LogP contribution in [0.3, 0.4) is 0 Å². The van der Waals surface area contributed by atoms with Crippen LogP contribution < -0.4 is 0 Å². The molecule has 3 aliphatic heterocycles. The first-order chi connectivity index (χ1) is 19.3. The molecule has 0 bridgehead atoms. The van der Waals surface area contributed by atoms with Gasteiger partial charge in [-0.3, -0.25) is 14.6 Å². The number of rotatable bonds is 7. The molecule has 1 aromatic rings. The van der Waals surface area contributed by atoms with Crippen LogP contribution in [0.2, 0.25) is 0 Å². The van der Waals surface area contributed by atoms with Gasteiger partial charge in [-0.25, -0.2) is 4.79 Å².